The van der Waals surface area contributed by atoms with Crippen molar-refractivity contribution in [2.75, 3.05) is 25.0 Å². The van der Waals surface area contributed by atoms with Crippen molar-refractivity contribution >= 4 is 16.7 Å². The molecule has 8 heteroatoms. The number of pyridine rings is 1. The number of likely N-dealkylation sites (tertiary alicyclic amines) is 1. The lowest BCUT2D eigenvalue weighted by Gasteiger charge is -2.17. The zero-order valence-corrected chi connectivity index (χ0v) is 20.1. The molecule has 0 spiro atoms. The van der Waals surface area contributed by atoms with Crippen molar-refractivity contribution < 1.29 is 13.2 Å². The van der Waals surface area contributed by atoms with Crippen LogP contribution in [0.3, 0.4) is 0 Å². The number of nitrogens with zero attached hydrogens (tertiary/aromatic N) is 4. The van der Waals surface area contributed by atoms with Gasteiger partial charge in [-0.1, -0.05) is 30.3 Å². The van der Waals surface area contributed by atoms with E-state index in [1.165, 1.54) is 23.4 Å². The number of anilines is 1. The SMILES string of the molecule is Cc1ccccc1CCNc1nc(CN2CCCC2)nc2cc(-c3ncccc3C(F)(F)F)ccc12. The molecule has 1 aliphatic rings. The Labute approximate surface area is 208 Å². The second-order valence-electron chi connectivity index (χ2n) is 9.20. The Morgan fingerprint density at radius 2 is 1.78 bits per heavy atom. The second-order valence-corrected chi connectivity index (χ2v) is 9.20. The molecule has 36 heavy (non-hydrogen) atoms. The Kier molecular flexibility index (Phi) is 6.87. The molecule has 0 atom stereocenters. The number of aromatic nitrogens is 3. The van der Waals surface area contributed by atoms with E-state index in [-0.39, 0.29) is 5.69 Å². The lowest BCUT2D eigenvalue weighted by atomic mass is 10.0. The van der Waals surface area contributed by atoms with Gasteiger partial charge in [0, 0.05) is 23.7 Å². The van der Waals surface area contributed by atoms with E-state index in [9.17, 15) is 13.2 Å². The molecule has 0 bridgehead atoms. The average Bonchev–Trinajstić information content (AvgIpc) is 3.37. The fraction of sp³-hybridized carbons (Fsp3) is 0.321. The van der Waals surface area contributed by atoms with Gasteiger partial charge in [-0.2, -0.15) is 13.2 Å². The normalized spacial score (nSPS) is 14.4. The highest BCUT2D eigenvalue weighted by molar-refractivity contribution is 5.92. The smallest absolute Gasteiger partial charge is 0.369 e. The fourth-order valence-corrected chi connectivity index (χ4v) is 4.74. The molecule has 3 heterocycles. The van der Waals surface area contributed by atoms with Gasteiger partial charge in [-0.15, -0.1) is 0 Å². The monoisotopic (exact) mass is 491 g/mol. The predicted octanol–water partition coefficient (Wildman–Crippen LogP) is 6.27. The van der Waals surface area contributed by atoms with Gasteiger partial charge in [0.1, 0.15) is 11.6 Å². The first-order chi connectivity index (χ1) is 17.4. The maximum absolute atomic E-state index is 13.6. The summed E-state index contributed by atoms with van der Waals surface area (Å²) in [5.74, 6) is 1.36. The molecule has 1 aliphatic heterocycles. The van der Waals surface area contributed by atoms with Crippen LogP contribution in [-0.4, -0.2) is 39.5 Å². The number of aryl methyl sites for hydroxylation is 1. The van der Waals surface area contributed by atoms with Crippen LogP contribution in [0, 0.1) is 6.92 Å². The van der Waals surface area contributed by atoms with E-state index in [4.69, 9.17) is 9.97 Å². The van der Waals surface area contributed by atoms with Crippen LogP contribution in [0.2, 0.25) is 0 Å². The lowest BCUT2D eigenvalue weighted by Crippen LogP contribution is -2.20. The highest BCUT2D eigenvalue weighted by Crippen LogP contribution is 2.36. The molecule has 1 N–H and O–H groups in total. The molecule has 0 aliphatic carbocycles. The fourth-order valence-electron chi connectivity index (χ4n) is 4.74. The average molecular weight is 492 g/mol. The molecule has 5 rings (SSSR count). The standard InChI is InChI=1S/C28H28F3N5/c1-19-7-2-3-8-20(19)12-14-33-27-22-11-10-21(26-23(28(29,30)31)9-6-13-32-26)17-24(22)34-25(35-27)18-36-15-4-5-16-36/h2-3,6-11,13,17H,4-5,12,14-16,18H2,1H3,(H,33,34,35). The van der Waals surface area contributed by atoms with E-state index < -0.39 is 11.7 Å². The highest BCUT2D eigenvalue weighted by Gasteiger charge is 2.34. The molecule has 4 aromatic rings. The maximum atomic E-state index is 13.6. The number of halogens is 3. The van der Waals surface area contributed by atoms with Gasteiger partial charge < -0.3 is 5.32 Å². The van der Waals surface area contributed by atoms with Gasteiger partial charge in [0.05, 0.1) is 23.3 Å². The summed E-state index contributed by atoms with van der Waals surface area (Å²) in [4.78, 5) is 15.9. The van der Waals surface area contributed by atoms with Crippen LogP contribution in [0.4, 0.5) is 19.0 Å². The largest absolute Gasteiger partial charge is 0.418 e. The number of nitrogens with one attached hydrogen (secondary N) is 1. The van der Waals surface area contributed by atoms with Gasteiger partial charge in [0.15, 0.2) is 0 Å². The summed E-state index contributed by atoms with van der Waals surface area (Å²) in [5, 5.41) is 4.23. The van der Waals surface area contributed by atoms with Crippen molar-refractivity contribution in [2.24, 2.45) is 0 Å². The minimum Gasteiger partial charge on any atom is -0.369 e. The van der Waals surface area contributed by atoms with E-state index in [2.05, 4.69) is 34.3 Å². The number of hydrogen-bond donors (Lipinski definition) is 1. The third-order valence-electron chi connectivity index (χ3n) is 6.64. The Balaban J connectivity index is 1.50. The quantitative estimate of drug-likeness (QED) is 0.330. The molecule has 0 amide bonds. The summed E-state index contributed by atoms with van der Waals surface area (Å²) in [7, 11) is 0. The van der Waals surface area contributed by atoms with Crippen LogP contribution in [0.15, 0.2) is 60.8 Å². The summed E-state index contributed by atoms with van der Waals surface area (Å²) in [6.45, 7) is 5.39. The van der Waals surface area contributed by atoms with E-state index in [1.54, 1.807) is 18.2 Å². The Bertz CT molecular complexity index is 1360. The number of fused-ring (bicyclic) bond motifs is 1. The maximum Gasteiger partial charge on any atom is 0.418 e. The van der Waals surface area contributed by atoms with Gasteiger partial charge >= 0.3 is 6.18 Å². The van der Waals surface area contributed by atoms with Crippen LogP contribution < -0.4 is 5.32 Å². The number of hydrogen-bond acceptors (Lipinski definition) is 5. The van der Waals surface area contributed by atoms with E-state index in [0.717, 1.165) is 43.8 Å². The van der Waals surface area contributed by atoms with Crippen LogP contribution in [0.25, 0.3) is 22.2 Å². The Morgan fingerprint density at radius 1 is 0.972 bits per heavy atom. The van der Waals surface area contributed by atoms with Gasteiger partial charge in [0.25, 0.3) is 0 Å². The molecular weight excluding hydrogens is 463 g/mol. The summed E-state index contributed by atoms with van der Waals surface area (Å²) in [6.07, 6.45) is 0.0262. The first-order valence-electron chi connectivity index (χ1n) is 12.2. The minimum absolute atomic E-state index is 0.0966. The number of alkyl halides is 3. The zero-order chi connectivity index (χ0) is 25.1. The summed E-state index contributed by atoms with van der Waals surface area (Å²) in [6, 6.07) is 15.8. The second kappa shape index (κ2) is 10.2. The first-order valence-corrected chi connectivity index (χ1v) is 12.2. The molecule has 0 saturated carbocycles. The van der Waals surface area contributed by atoms with Crippen molar-refractivity contribution in [3.05, 3.63) is 83.3 Å². The van der Waals surface area contributed by atoms with Gasteiger partial charge in [-0.05, 0) is 74.7 Å². The lowest BCUT2D eigenvalue weighted by molar-refractivity contribution is -0.137. The molecule has 0 radical (unpaired) electrons. The molecule has 0 unspecified atom stereocenters. The molecule has 5 nitrogen and oxygen atoms in total. The van der Waals surface area contributed by atoms with Gasteiger partial charge in [0.2, 0.25) is 0 Å². The topological polar surface area (TPSA) is 53.9 Å². The van der Waals surface area contributed by atoms with Crippen molar-refractivity contribution in [1.29, 1.82) is 0 Å². The zero-order valence-electron chi connectivity index (χ0n) is 20.1. The van der Waals surface area contributed by atoms with Crippen molar-refractivity contribution in [1.82, 2.24) is 19.9 Å². The first kappa shape index (κ1) is 24.2. The Hall–Kier alpha value is -3.52. The van der Waals surface area contributed by atoms with E-state index >= 15 is 0 Å². The molecule has 186 valence electrons. The van der Waals surface area contributed by atoms with Crippen molar-refractivity contribution in [3.8, 4) is 11.3 Å². The summed E-state index contributed by atoms with van der Waals surface area (Å²) in [5.41, 5.74) is 2.63. The third kappa shape index (κ3) is 5.33. The molecule has 2 aromatic heterocycles. The van der Waals surface area contributed by atoms with Crippen molar-refractivity contribution in [2.45, 2.75) is 38.9 Å². The summed E-state index contributed by atoms with van der Waals surface area (Å²) < 4.78 is 40.9. The van der Waals surface area contributed by atoms with Gasteiger partial charge in [-0.25, -0.2) is 9.97 Å². The predicted molar refractivity (Wildman–Crippen MR) is 136 cm³/mol. The van der Waals surface area contributed by atoms with Crippen LogP contribution in [0.5, 0.6) is 0 Å². The Morgan fingerprint density at radius 3 is 2.56 bits per heavy atom. The molecule has 1 fully saturated rings. The van der Waals surface area contributed by atoms with Gasteiger partial charge in [-0.3, -0.25) is 9.88 Å². The van der Waals surface area contributed by atoms with E-state index in [0.29, 0.717) is 35.8 Å². The van der Waals surface area contributed by atoms with Crippen LogP contribution in [0.1, 0.15) is 35.4 Å². The van der Waals surface area contributed by atoms with E-state index in [1.807, 2.05) is 12.1 Å². The minimum atomic E-state index is -4.49. The van der Waals surface area contributed by atoms with Crippen molar-refractivity contribution in [3.63, 3.8) is 0 Å². The van der Waals surface area contributed by atoms with Crippen LogP contribution >= 0.6 is 0 Å². The summed E-state index contributed by atoms with van der Waals surface area (Å²) >= 11 is 0. The number of benzene rings is 2. The molecular formula is C28H28F3N5. The number of rotatable bonds is 7. The molecule has 2 aromatic carbocycles. The van der Waals surface area contributed by atoms with Crippen LogP contribution in [-0.2, 0) is 19.1 Å². The third-order valence-corrected chi connectivity index (χ3v) is 6.64. The molecule has 1 saturated heterocycles. The highest BCUT2D eigenvalue weighted by atomic mass is 19.4.